The van der Waals surface area contributed by atoms with Gasteiger partial charge in [-0.2, -0.15) is 0 Å². The molecule has 0 amide bonds. The summed E-state index contributed by atoms with van der Waals surface area (Å²) in [5, 5.41) is 11.3. The molecule has 0 saturated carbocycles. The molecule has 2 nitrogen and oxygen atoms in total. The number of hydrogen-bond acceptors (Lipinski definition) is 1. The Bertz CT molecular complexity index is 911. The fourth-order valence-electron chi connectivity index (χ4n) is 4.39. The number of rotatable bonds is 16. The van der Waals surface area contributed by atoms with Crippen LogP contribution >= 0.6 is 0 Å². The van der Waals surface area contributed by atoms with Gasteiger partial charge in [0.1, 0.15) is 11.5 Å². The van der Waals surface area contributed by atoms with Crippen molar-refractivity contribution in [3.05, 3.63) is 78.4 Å². The summed E-state index contributed by atoms with van der Waals surface area (Å²) < 4.78 is 6.01. The molecule has 1 radical (unpaired) electrons. The second-order valence-corrected chi connectivity index (χ2v) is 9.43. The van der Waals surface area contributed by atoms with Gasteiger partial charge in [-0.1, -0.05) is 114 Å². The molecule has 181 valence electrons. The fourth-order valence-corrected chi connectivity index (χ4v) is 4.39. The zero-order valence-corrected chi connectivity index (χ0v) is 20.9. The summed E-state index contributed by atoms with van der Waals surface area (Å²) in [6.45, 7) is 2.28. The van der Waals surface area contributed by atoms with Crippen molar-refractivity contribution in [1.82, 2.24) is 0 Å². The lowest BCUT2D eigenvalue weighted by Gasteiger charge is -2.08. The largest absolute Gasteiger partial charge is 0.457 e. The van der Waals surface area contributed by atoms with Gasteiger partial charge in [-0.05, 0) is 65.9 Å². The molecule has 0 atom stereocenters. The zero-order chi connectivity index (χ0) is 23.8. The molecule has 0 N–H and O–H groups in total. The summed E-state index contributed by atoms with van der Waals surface area (Å²) >= 11 is 0. The molecule has 3 aromatic carbocycles. The second-order valence-electron chi connectivity index (χ2n) is 9.43. The van der Waals surface area contributed by atoms with Crippen LogP contribution in [0.15, 0.2) is 72.8 Å². The van der Waals surface area contributed by atoms with Crippen LogP contribution in [-0.2, 0) is 11.5 Å². The standard InChI is InChI=1S/C32H41O2/c1-2-3-4-5-6-7-8-9-10-11-12-13-14-27-15-23-31(24-16-27)34-32-25-19-29(20-26-32)28-17-21-30(33)22-18-28/h15-26H,2-14H2,1H3. The van der Waals surface area contributed by atoms with Crippen LogP contribution < -0.4 is 4.74 Å². The van der Waals surface area contributed by atoms with Gasteiger partial charge in [-0.3, -0.25) is 5.11 Å². The number of ether oxygens (including phenoxy) is 1. The van der Waals surface area contributed by atoms with Crippen LogP contribution in [0.5, 0.6) is 17.2 Å². The maximum Gasteiger partial charge on any atom is 0.178 e. The first-order valence-corrected chi connectivity index (χ1v) is 13.4. The molecule has 0 spiro atoms. The van der Waals surface area contributed by atoms with E-state index in [1.54, 1.807) is 12.1 Å². The third-order valence-corrected chi connectivity index (χ3v) is 6.52. The normalized spacial score (nSPS) is 11.0. The lowest BCUT2D eigenvalue weighted by Crippen LogP contribution is -1.88. The highest BCUT2D eigenvalue weighted by atomic mass is 16.5. The molecule has 3 aromatic rings. The predicted octanol–water partition coefficient (Wildman–Crippen LogP) is 10.5. The van der Waals surface area contributed by atoms with E-state index >= 15 is 0 Å². The Morgan fingerprint density at radius 2 is 0.912 bits per heavy atom. The van der Waals surface area contributed by atoms with Crippen molar-refractivity contribution in [3.63, 3.8) is 0 Å². The first-order chi connectivity index (χ1) is 16.7. The third-order valence-electron chi connectivity index (χ3n) is 6.52. The number of aryl methyl sites for hydroxylation is 1. The van der Waals surface area contributed by atoms with Crippen molar-refractivity contribution in [3.8, 4) is 28.4 Å². The van der Waals surface area contributed by atoms with E-state index < -0.39 is 0 Å². The Labute approximate surface area is 207 Å². The molecule has 0 heterocycles. The smallest absolute Gasteiger partial charge is 0.178 e. The van der Waals surface area contributed by atoms with Gasteiger partial charge in [0.05, 0.1) is 0 Å². The van der Waals surface area contributed by atoms with Crippen molar-refractivity contribution in [1.29, 1.82) is 0 Å². The quantitative estimate of drug-likeness (QED) is 0.197. The highest BCUT2D eigenvalue weighted by Crippen LogP contribution is 2.27. The van der Waals surface area contributed by atoms with Crippen molar-refractivity contribution < 1.29 is 9.84 Å². The lowest BCUT2D eigenvalue weighted by molar-refractivity contribution is 0.355. The molecule has 34 heavy (non-hydrogen) atoms. The van der Waals surface area contributed by atoms with Crippen molar-refractivity contribution >= 4 is 0 Å². The van der Waals surface area contributed by atoms with E-state index in [2.05, 4.69) is 31.2 Å². The molecule has 0 aliphatic rings. The molecule has 0 unspecified atom stereocenters. The minimum Gasteiger partial charge on any atom is -0.457 e. The van der Waals surface area contributed by atoms with Gasteiger partial charge in [-0.15, -0.1) is 0 Å². The summed E-state index contributed by atoms with van der Waals surface area (Å²) in [5.41, 5.74) is 3.50. The van der Waals surface area contributed by atoms with Crippen LogP contribution in [-0.4, -0.2) is 0 Å². The Kier molecular flexibility index (Phi) is 11.6. The minimum atomic E-state index is 0.0333. The molecule has 0 aliphatic heterocycles. The van der Waals surface area contributed by atoms with Gasteiger partial charge in [0.2, 0.25) is 0 Å². The third kappa shape index (κ3) is 9.63. The summed E-state index contributed by atoms with van der Waals surface area (Å²) in [4.78, 5) is 0. The van der Waals surface area contributed by atoms with E-state index in [1.807, 2.05) is 36.4 Å². The Morgan fingerprint density at radius 3 is 1.41 bits per heavy atom. The van der Waals surface area contributed by atoms with Crippen LogP contribution in [0, 0.1) is 0 Å². The van der Waals surface area contributed by atoms with E-state index in [9.17, 15) is 5.11 Å². The van der Waals surface area contributed by atoms with Gasteiger partial charge in [0.15, 0.2) is 5.75 Å². The molecule has 0 fully saturated rings. The maximum absolute atomic E-state index is 11.3. The summed E-state index contributed by atoms with van der Waals surface area (Å²) in [7, 11) is 0. The van der Waals surface area contributed by atoms with Crippen molar-refractivity contribution in [2.75, 3.05) is 0 Å². The van der Waals surface area contributed by atoms with E-state index in [1.165, 1.54) is 82.6 Å². The second kappa shape index (κ2) is 15.2. The monoisotopic (exact) mass is 457 g/mol. The van der Waals surface area contributed by atoms with Crippen molar-refractivity contribution in [2.45, 2.75) is 90.4 Å². The van der Waals surface area contributed by atoms with Crippen LogP contribution in [0.2, 0.25) is 0 Å². The zero-order valence-electron chi connectivity index (χ0n) is 20.9. The average Bonchev–Trinajstić information content (AvgIpc) is 2.87. The summed E-state index contributed by atoms with van der Waals surface area (Å²) in [6.07, 6.45) is 17.8. The molecule has 0 aliphatic carbocycles. The molecular weight excluding hydrogens is 416 g/mol. The van der Waals surface area contributed by atoms with Gasteiger partial charge >= 0.3 is 0 Å². The van der Waals surface area contributed by atoms with Gasteiger partial charge in [0.25, 0.3) is 0 Å². The van der Waals surface area contributed by atoms with Crippen molar-refractivity contribution in [2.24, 2.45) is 0 Å². The highest BCUT2D eigenvalue weighted by Gasteiger charge is 2.02. The SMILES string of the molecule is CCCCCCCCCCCCCCc1ccc(Oc2ccc(-c3ccc([O])cc3)cc2)cc1. The molecular formula is C32H41O2. The Balaban J connectivity index is 1.28. The molecule has 2 heteroatoms. The van der Waals surface area contributed by atoms with E-state index in [0.29, 0.717) is 0 Å². The van der Waals surface area contributed by atoms with Crippen LogP contribution in [0.25, 0.3) is 11.1 Å². The minimum absolute atomic E-state index is 0.0333. The molecule has 0 saturated heterocycles. The van der Waals surface area contributed by atoms with Gasteiger partial charge in [0, 0.05) is 0 Å². The maximum atomic E-state index is 11.3. The average molecular weight is 458 g/mol. The number of hydrogen-bond donors (Lipinski definition) is 0. The van der Waals surface area contributed by atoms with Crippen LogP contribution in [0.3, 0.4) is 0 Å². The van der Waals surface area contributed by atoms with Gasteiger partial charge in [-0.25, -0.2) is 0 Å². The summed E-state index contributed by atoms with van der Waals surface area (Å²) in [6, 6.07) is 23.4. The first kappa shape index (κ1) is 25.9. The molecule has 0 aromatic heterocycles. The Hall–Kier alpha value is -2.74. The first-order valence-electron chi connectivity index (χ1n) is 13.4. The summed E-state index contributed by atoms with van der Waals surface area (Å²) in [5.74, 6) is 1.71. The van der Waals surface area contributed by atoms with E-state index in [0.717, 1.165) is 29.0 Å². The topological polar surface area (TPSA) is 29.1 Å². The lowest BCUT2D eigenvalue weighted by atomic mass is 10.0. The Morgan fingerprint density at radius 1 is 0.500 bits per heavy atom. The van der Waals surface area contributed by atoms with Gasteiger partial charge < -0.3 is 4.74 Å². The number of unbranched alkanes of at least 4 members (excludes halogenated alkanes) is 11. The van der Waals surface area contributed by atoms with Crippen LogP contribution in [0.1, 0.15) is 89.5 Å². The fraction of sp³-hybridized carbons (Fsp3) is 0.438. The van der Waals surface area contributed by atoms with Crippen LogP contribution in [0.4, 0.5) is 0 Å². The van der Waals surface area contributed by atoms with E-state index in [-0.39, 0.29) is 5.75 Å². The van der Waals surface area contributed by atoms with E-state index in [4.69, 9.17) is 4.74 Å². The predicted molar refractivity (Wildman–Crippen MR) is 143 cm³/mol. The molecule has 0 bridgehead atoms. The molecule has 3 rings (SSSR count). The number of benzene rings is 3. The highest BCUT2D eigenvalue weighted by molar-refractivity contribution is 5.64.